The number of carboxylic acid groups (broad SMARTS) is 3. The summed E-state index contributed by atoms with van der Waals surface area (Å²) >= 11 is 0. The number of carbonyl (C=O) groups excluding carboxylic acids is 3. The van der Waals surface area contributed by atoms with Gasteiger partial charge < -0.3 is 29.7 Å². The maximum Gasteiger partial charge on any atom is 3.00 e. The van der Waals surface area contributed by atoms with Crippen LogP contribution in [0, 0.1) is 37.3 Å². The Labute approximate surface area is 122 Å². The number of hydrogen-bond acceptors (Lipinski definition) is 6. The third kappa shape index (κ3) is 76.4. The molecule has 7 heteroatoms. The Morgan fingerprint density at radius 3 is 0.750 bits per heavy atom. The topological polar surface area (TPSA) is 120 Å². The van der Waals surface area contributed by atoms with Crippen molar-refractivity contribution >= 4 is 17.9 Å². The number of carboxylic acids is 3. The van der Waals surface area contributed by atoms with Gasteiger partial charge in [-0.25, -0.2) is 0 Å². The standard InChI is InChI=1S/3C3H4O2.Er/c3*1-2-3(4)5;/h3*2H,1H2,(H,4,5);/q;;;+3/p-3. The zero-order valence-electron chi connectivity index (χ0n) is 8.09. The van der Waals surface area contributed by atoms with E-state index in [2.05, 4.69) is 19.7 Å². The number of carbonyl (C=O) groups is 3. The molecular formula is C9H9ErO6. The fraction of sp³-hybridized carbons (Fsp3) is 0. The summed E-state index contributed by atoms with van der Waals surface area (Å²) in [5, 5.41) is 27.4. The van der Waals surface area contributed by atoms with Gasteiger partial charge in [0.05, 0.1) is 17.9 Å². The van der Waals surface area contributed by atoms with E-state index >= 15 is 0 Å². The van der Waals surface area contributed by atoms with Crippen LogP contribution in [0.5, 0.6) is 0 Å². The van der Waals surface area contributed by atoms with Crippen LogP contribution >= 0.6 is 0 Å². The molecule has 93 valence electrons. The zero-order valence-corrected chi connectivity index (χ0v) is 9.94. The molecule has 0 aromatic heterocycles. The molecule has 0 rings (SSSR count). The molecule has 1 radical (unpaired) electrons. The van der Waals surface area contributed by atoms with Gasteiger partial charge in [-0.3, -0.25) is 0 Å². The molecule has 0 N–H and O–H groups in total. The molecule has 0 bridgehead atoms. The van der Waals surface area contributed by atoms with Crippen molar-refractivity contribution in [2.24, 2.45) is 0 Å². The van der Waals surface area contributed by atoms with Gasteiger partial charge in [0.25, 0.3) is 0 Å². The van der Waals surface area contributed by atoms with Crippen LogP contribution in [0.15, 0.2) is 38.0 Å². The monoisotopic (exact) mass is 379 g/mol. The van der Waals surface area contributed by atoms with Crippen molar-refractivity contribution in [1.29, 1.82) is 0 Å². The van der Waals surface area contributed by atoms with Gasteiger partial charge >= 0.3 is 37.3 Å². The molecule has 0 aromatic rings. The Bertz CT molecular complexity index is 216. The van der Waals surface area contributed by atoms with Crippen molar-refractivity contribution in [3.63, 3.8) is 0 Å². The number of hydrogen-bond donors (Lipinski definition) is 0. The maximum absolute atomic E-state index is 9.14. The minimum Gasteiger partial charge on any atom is -0.545 e. The average molecular weight is 380 g/mol. The molecule has 0 aliphatic heterocycles. The van der Waals surface area contributed by atoms with E-state index in [9.17, 15) is 0 Å². The first-order valence-electron chi connectivity index (χ1n) is 3.32. The van der Waals surface area contributed by atoms with Gasteiger partial charge in [-0.2, -0.15) is 0 Å². The second-order valence-corrected chi connectivity index (χ2v) is 1.57. The van der Waals surface area contributed by atoms with Crippen LogP contribution in [0.3, 0.4) is 0 Å². The first-order valence-corrected chi connectivity index (χ1v) is 3.32. The molecule has 0 saturated carbocycles. The SMILES string of the molecule is C=CC(=O)[O-].C=CC(=O)[O-].C=CC(=O)[O-].[Er+3]. The quantitative estimate of drug-likeness (QED) is 0.475. The molecule has 0 atom stereocenters. The van der Waals surface area contributed by atoms with Gasteiger partial charge in [-0.1, -0.05) is 19.7 Å². The summed E-state index contributed by atoms with van der Waals surface area (Å²) < 4.78 is 0. The fourth-order valence-corrected chi connectivity index (χ4v) is 0. The normalized spacial score (nSPS) is 6.00. The van der Waals surface area contributed by atoms with Crippen LogP contribution < -0.4 is 15.3 Å². The third-order valence-corrected chi connectivity index (χ3v) is 0.500. The largest absolute Gasteiger partial charge is 3.00 e. The summed E-state index contributed by atoms with van der Waals surface area (Å²) in [7, 11) is 0. The number of rotatable bonds is 3. The molecule has 16 heavy (non-hydrogen) atoms. The smallest absolute Gasteiger partial charge is 0.545 e. The van der Waals surface area contributed by atoms with Gasteiger partial charge in [-0.05, 0) is 18.2 Å². The van der Waals surface area contributed by atoms with Crippen LogP contribution in [0.1, 0.15) is 0 Å². The van der Waals surface area contributed by atoms with Crippen molar-refractivity contribution in [3.8, 4) is 0 Å². The van der Waals surface area contributed by atoms with Crippen molar-refractivity contribution in [1.82, 2.24) is 0 Å². The first kappa shape index (κ1) is 24.2. The molecular weight excluding hydrogens is 371 g/mol. The molecule has 0 spiro atoms. The zero-order chi connectivity index (χ0) is 12.9. The van der Waals surface area contributed by atoms with E-state index in [0.717, 1.165) is 18.2 Å². The van der Waals surface area contributed by atoms with Crippen molar-refractivity contribution < 1.29 is 67.0 Å². The second-order valence-electron chi connectivity index (χ2n) is 1.57. The van der Waals surface area contributed by atoms with Gasteiger partial charge in [0.2, 0.25) is 0 Å². The maximum atomic E-state index is 9.14. The molecule has 0 unspecified atom stereocenters. The van der Waals surface area contributed by atoms with E-state index in [1.165, 1.54) is 0 Å². The Kier molecular flexibility index (Phi) is 29.4. The first-order chi connectivity index (χ1) is 6.81. The van der Waals surface area contributed by atoms with E-state index in [1.807, 2.05) is 0 Å². The van der Waals surface area contributed by atoms with Crippen molar-refractivity contribution in [2.75, 3.05) is 0 Å². The minimum absolute atomic E-state index is 0. The molecule has 0 saturated heterocycles. The fourth-order valence-electron chi connectivity index (χ4n) is 0. The third-order valence-electron chi connectivity index (χ3n) is 0.500. The summed E-state index contributed by atoms with van der Waals surface area (Å²) in [4.78, 5) is 27.4. The molecule has 0 aromatic carbocycles. The van der Waals surface area contributed by atoms with E-state index < -0.39 is 17.9 Å². The number of aliphatic carboxylic acids is 3. The molecule has 0 heterocycles. The van der Waals surface area contributed by atoms with E-state index in [1.54, 1.807) is 0 Å². The van der Waals surface area contributed by atoms with Crippen LogP contribution in [-0.4, -0.2) is 17.9 Å². The van der Waals surface area contributed by atoms with E-state index in [0.29, 0.717) is 0 Å². The van der Waals surface area contributed by atoms with Crippen LogP contribution in [0.4, 0.5) is 0 Å². The van der Waals surface area contributed by atoms with Crippen molar-refractivity contribution in [2.45, 2.75) is 0 Å². The van der Waals surface area contributed by atoms with E-state index in [4.69, 9.17) is 29.7 Å². The molecule has 0 aliphatic carbocycles. The Morgan fingerprint density at radius 1 is 0.688 bits per heavy atom. The van der Waals surface area contributed by atoms with Gasteiger partial charge in [0, 0.05) is 0 Å². The Hall–Kier alpha value is -1.12. The van der Waals surface area contributed by atoms with E-state index in [-0.39, 0.29) is 37.3 Å². The summed E-state index contributed by atoms with van der Waals surface area (Å²) in [5.74, 6) is -3.69. The molecule has 0 amide bonds. The predicted octanol–water partition coefficient (Wildman–Crippen LogP) is -3.23. The second kappa shape index (κ2) is 19.4. The van der Waals surface area contributed by atoms with Gasteiger partial charge in [-0.15, -0.1) is 0 Å². The van der Waals surface area contributed by atoms with Gasteiger partial charge in [0.15, 0.2) is 0 Å². The summed E-state index contributed by atoms with van der Waals surface area (Å²) in [6.07, 6.45) is 2.17. The minimum atomic E-state index is -1.23. The Morgan fingerprint density at radius 2 is 0.750 bits per heavy atom. The van der Waals surface area contributed by atoms with Crippen LogP contribution in [0.25, 0.3) is 0 Å². The summed E-state index contributed by atoms with van der Waals surface area (Å²) in [6, 6.07) is 0. The van der Waals surface area contributed by atoms with Crippen LogP contribution in [0.2, 0.25) is 0 Å². The van der Waals surface area contributed by atoms with Gasteiger partial charge in [0.1, 0.15) is 0 Å². The summed E-state index contributed by atoms with van der Waals surface area (Å²) in [5.41, 5.74) is 0. The predicted molar refractivity (Wildman–Crippen MR) is 45.6 cm³/mol. The molecule has 6 nitrogen and oxygen atoms in total. The molecule has 0 fully saturated rings. The van der Waals surface area contributed by atoms with Crippen LogP contribution in [-0.2, 0) is 14.4 Å². The summed E-state index contributed by atoms with van der Waals surface area (Å²) in [6.45, 7) is 8.69. The average Bonchev–Trinajstić information content (AvgIpc) is 2.19. The van der Waals surface area contributed by atoms with Crippen molar-refractivity contribution in [3.05, 3.63) is 38.0 Å². The Balaban J connectivity index is -0.0000000655. The molecule has 0 aliphatic rings.